The van der Waals surface area contributed by atoms with E-state index < -0.39 is 0 Å². The van der Waals surface area contributed by atoms with Crippen molar-refractivity contribution in [1.29, 1.82) is 0 Å². The smallest absolute Gasteiger partial charge is 0.363 e. The normalized spacial score (nSPS) is 10.1. The van der Waals surface area contributed by atoms with Gasteiger partial charge in [0, 0.05) is 22.5 Å². The molecular formula is C9H19NO2S4. The average Bonchev–Trinajstić information content (AvgIpc) is 2.28. The highest BCUT2D eigenvalue weighted by molar-refractivity contribution is 8.76. The molecule has 0 bridgehead atoms. The van der Waals surface area contributed by atoms with Gasteiger partial charge in [-0.2, -0.15) is 0 Å². The maximum Gasteiger partial charge on any atom is 0.430 e. The molecule has 0 aliphatic heterocycles. The fourth-order valence-electron chi connectivity index (χ4n) is 0.618. The van der Waals surface area contributed by atoms with Gasteiger partial charge in [0.2, 0.25) is 0 Å². The Morgan fingerprint density at radius 1 is 1.12 bits per heavy atom. The van der Waals surface area contributed by atoms with E-state index in [0.717, 1.165) is 29.0 Å². The lowest BCUT2D eigenvalue weighted by molar-refractivity contribution is 0.216. The van der Waals surface area contributed by atoms with Crippen LogP contribution in [0, 0.1) is 0 Å². The summed E-state index contributed by atoms with van der Waals surface area (Å²) in [5, 5.41) is 0. The molecule has 0 aromatic heterocycles. The zero-order chi connectivity index (χ0) is 12.1. The van der Waals surface area contributed by atoms with Crippen LogP contribution in [0.15, 0.2) is 0 Å². The number of nitrogens with one attached hydrogen (secondary N) is 1. The van der Waals surface area contributed by atoms with Crippen LogP contribution in [-0.4, -0.2) is 17.6 Å². The summed E-state index contributed by atoms with van der Waals surface area (Å²) in [6.07, 6.45) is 4.31. The Balaban J connectivity index is 3.12. The summed E-state index contributed by atoms with van der Waals surface area (Å²) in [5.74, 6) is 2.08. The summed E-state index contributed by atoms with van der Waals surface area (Å²) < 4.78 is 7.51. The molecule has 0 saturated carbocycles. The fourth-order valence-corrected chi connectivity index (χ4v) is 3.83. The molecule has 0 aliphatic rings. The van der Waals surface area contributed by atoms with E-state index in [1.807, 2.05) is 0 Å². The van der Waals surface area contributed by atoms with Gasteiger partial charge in [-0.25, -0.2) is 4.79 Å². The number of hydrogen-bond donors (Lipinski definition) is 1. The summed E-state index contributed by atoms with van der Waals surface area (Å²) in [7, 11) is 4.55. The molecule has 0 atom stereocenters. The third kappa shape index (κ3) is 12.7. The molecule has 0 unspecified atom stereocenters. The molecule has 16 heavy (non-hydrogen) atoms. The summed E-state index contributed by atoms with van der Waals surface area (Å²) in [5.41, 5.74) is 0. The van der Waals surface area contributed by atoms with E-state index in [1.54, 1.807) is 21.6 Å². The number of carbonyl (C=O) groups is 1. The Morgan fingerprint density at radius 3 is 2.38 bits per heavy atom. The van der Waals surface area contributed by atoms with Crippen LogP contribution in [-0.2, 0) is 4.18 Å². The van der Waals surface area contributed by atoms with Crippen molar-refractivity contribution in [3.05, 3.63) is 0 Å². The number of carbonyl (C=O) groups excluding carboxylic acids is 1. The molecule has 0 radical (unpaired) electrons. The van der Waals surface area contributed by atoms with Crippen LogP contribution in [0.25, 0.3) is 0 Å². The van der Waals surface area contributed by atoms with Crippen LogP contribution in [0.5, 0.6) is 0 Å². The Labute approximate surface area is 114 Å². The summed E-state index contributed by atoms with van der Waals surface area (Å²) >= 11 is 1.15. The molecule has 0 spiro atoms. The van der Waals surface area contributed by atoms with Crippen molar-refractivity contribution in [3.8, 4) is 0 Å². The molecule has 0 heterocycles. The van der Waals surface area contributed by atoms with Crippen LogP contribution in [0.2, 0.25) is 0 Å². The van der Waals surface area contributed by atoms with Gasteiger partial charge >= 0.3 is 6.09 Å². The minimum Gasteiger partial charge on any atom is -0.363 e. The SMILES string of the molecule is CCCCSSNC(=O)OSSCCCC. The molecule has 0 saturated heterocycles. The second-order valence-electron chi connectivity index (χ2n) is 2.98. The molecule has 1 amide bonds. The van der Waals surface area contributed by atoms with E-state index >= 15 is 0 Å². The second-order valence-corrected chi connectivity index (χ2v) is 7.26. The van der Waals surface area contributed by atoms with Crippen LogP contribution in [0.1, 0.15) is 39.5 Å². The molecule has 7 heteroatoms. The topological polar surface area (TPSA) is 38.3 Å². The van der Waals surface area contributed by atoms with E-state index in [2.05, 4.69) is 18.6 Å². The highest BCUT2D eigenvalue weighted by Gasteiger charge is 2.02. The third-order valence-electron chi connectivity index (χ3n) is 1.50. The van der Waals surface area contributed by atoms with Gasteiger partial charge in [-0.1, -0.05) is 48.3 Å². The van der Waals surface area contributed by atoms with Crippen LogP contribution in [0.4, 0.5) is 4.79 Å². The van der Waals surface area contributed by atoms with Gasteiger partial charge in [-0.05, 0) is 12.8 Å². The lowest BCUT2D eigenvalue weighted by atomic mass is 10.4. The molecule has 0 aromatic rings. The first-order chi connectivity index (χ1) is 7.81. The van der Waals surface area contributed by atoms with E-state index in [0.29, 0.717) is 0 Å². The summed E-state index contributed by atoms with van der Waals surface area (Å²) in [4.78, 5) is 11.1. The van der Waals surface area contributed by atoms with Gasteiger partial charge in [0.25, 0.3) is 0 Å². The molecular weight excluding hydrogens is 282 g/mol. The van der Waals surface area contributed by atoms with Crippen LogP contribution in [0.3, 0.4) is 0 Å². The maximum absolute atomic E-state index is 11.1. The van der Waals surface area contributed by atoms with Gasteiger partial charge in [0.1, 0.15) is 11.1 Å². The lowest BCUT2D eigenvalue weighted by Crippen LogP contribution is -2.12. The number of hydrogen-bond acceptors (Lipinski definition) is 6. The Kier molecular flexibility index (Phi) is 14.3. The van der Waals surface area contributed by atoms with Crippen LogP contribution < -0.4 is 4.72 Å². The lowest BCUT2D eigenvalue weighted by Gasteiger charge is -2.03. The number of rotatable bonds is 10. The quantitative estimate of drug-likeness (QED) is 0.268. The van der Waals surface area contributed by atoms with Crippen molar-refractivity contribution in [1.82, 2.24) is 4.72 Å². The highest BCUT2D eigenvalue weighted by atomic mass is 33.1. The van der Waals surface area contributed by atoms with Crippen molar-refractivity contribution in [2.24, 2.45) is 0 Å². The zero-order valence-electron chi connectivity index (χ0n) is 9.69. The molecule has 3 nitrogen and oxygen atoms in total. The van der Waals surface area contributed by atoms with E-state index in [-0.39, 0.29) is 6.09 Å². The summed E-state index contributed by atoms with van der Waals surface area (Å²) in [6, 6.07) is 0. The zero-order valence-corrected chi connectivity index (χ0v) is 13.0. The van der Waals surface area contributed by atoms with Crippen molar-refractivity contribution in [2.75, 3.05) is 11.5 Å². The molecule has 0 fully saturated rings. The molecule has 0 rings (SSSR count). The van der Waals surface area contributed by atoms with E-state index in [9.17, 15) is 4.79 Å². The minimum atomic E-state index is -0.372. The van der Waals surface area contributed by atoms with Gasteiger partial charge in [-0.3, -0.25) is 4.72 Å². The van der Waals surface area contributed by atoms with Crippen molar-refractivity contribution < 1.29 is 8.98 Å². The second kappa shape index (κ2) is 13.7. The van der Waals surface area contributed by atoms with Crippen molar-refractivity contribution in [3.63, 3.8) is 0 Å². The minimum absolute atomic E-state index is 0.372. The predicted molar refractivity (Wildman–Crippen MR) is 79.5 cm³/mol. The van der Waals surface area contributed by atoms with E-state index in [1.165, 1.54) is 30.2 Å². The molecule has 0 aliphatic carbocycles. The highest BCUT2D eigenvalue weighted by Crippen LogP contribution is 2.25. The van der Waals surface area contributed by atoms with Gasteiger partial charge in [0.15, 0.2) is 0 Å². The fraction of sp³-hybridized carbons (Fsp3) is 0.889. The third-order valence-corrected chi connectivity index (χ3v) is 5.19. The van der Waals surface area contributed by atoms with Gasteiger partial charge in [-0.15, -0.1) is 0 Å². The standard InChI is InChI=1S/C9H19NO2S4/c1-3-5-7-13-15-10-9(11)12-16-14-8-6-4-2/h3-8H2,1-2H3,(H,10,11). The van der Waals surface area contributed by atoms with Crippen LogP contribution >= 0.6 is 43.6 Å². The molecule has 96 valence electrons. The summed E-state index contributed by atoms with van der Waals surface area (Å²) in [6.45, 7) is 4.29. The maximum atomic E-state index is 11.1. The van der Waals surface area contributed by atoms with Crippen molar-refractivity contribution >= 4 is 49.7 Å². The number of unbranched alkanes of at least 4 members (excludes halogenated alkanes) is 2. The first-order valence-electron chi connectivity index (χ1n) is 5.35. The average molecular weight is 302 g/mol. The van der Waals surface area contributed by atoms with Gasteiger partial charge < -0.3 is 4.18 Å². The predicted octanol–water partition coefficient (Wildman–Crippen LogP) is 4.91. The Hall–Kier alpha value is 0.670. The first kappa shape index (κ1) is 16.7. The Bertz CT molecular complexity index is 156. The van der Waals surface area contributed by atoms with Crippen molar-refractivity contribution in [2.45, 2.75) is 39.5 Å². The number of amides is 1. The monoisotopic (exact) mass is 301 g/mol. The Morgan fingerprint density at radius 2 is 1.75 bits per heavy atom. The molecule has 1 N–H and O–H groups in total. The first-order valence-corrected chi connectivity index (χ1v) is 9.92. The largest absolute Gasteiger partial charge is 0.430 e. The van der Waals surface area contributed by atoms with Gasteiger partial charge in [0.05, 0.1) is 0 Å². The van der Waals surface area contributed by atoms with E-state index in [4.69, 9.17) is 4.18 Å². The molecule has 0 aromatic carbocycles.